The molecular weight excluding hydrogens is 340 g/mol. The van der Waals surface area contributed by atoms with Crippen LogP contribution in [0.2, 0.25) is 0 Å². The first kappa shape index (κ1) is 16.5. The maximum atomic E-state index is 12.5. The Hall–Kier alpha value is -2.98. The van der Waals surface area contributed by atoms with E-state index >= 15 is 0 Å². The van der Waals surface area contributed by atoms with Crippen LogP contribution in [0.4, 0.5) is 5.69 Å². The van der Waals surface area contributed by atoms with Crippen LogP contribution in [-0.2, 0) is 6.42 Å². The lowest BCUT2D eigenvalue weighted by atomic mass is 10.1. The number of aryl methyl sites for hydroxylation is 1. The molecule has 0 aliphatic rings. The highest BCUT2D eigenvalue weighted by Crippen LogP contribution is 2.31. The van der Waals surface area contributed by atoms with Crippen molar-refractivity contribution in [2.45, 2.75) is 13.3 Å². The Bertz CT molecular complexity index is 1030. The number of hydrogen-bond acceptors (Lipinski definition) is 3. The number of fused-ring (bicyclic) bond motifs is 1. The lowest BCUT2D eigenvalue weighted by Gasteiger charge is -2.07. The lowest BCUT2D eigenvalue weighted by molar-refractivity contribution is 0.102. The van der Waals surface area contributed by atoms with E-state index in [2.05, 4.69) is 23.3 Å². The van der Waals surface area contributed by atoms with Crippen molar-refractivity contribution in [3.8, 4) is 10.6 Å². The number of anilines is 1. The summed E-state index contributed by atoms with van der Waals surface area (Å²) in [5.41, 5.74) is 4.65. The average Bonchev–Trinajstić information content (AvgIpc) is 3.12. The predicted molar refractivity (Wildman–Crippen MR) is 109 cm³/mol. The summed E-state index contributed by atoms with van der Waals surface area (Å²) in [6, 6.07) is 23.6. The highest BCUT2D eigenvalue weighted by molar-refractivity contribution is 7.21. The number of benzene rings is 3. The lowest BCUT2D eigenvalue weighted by Crippen LogP contribution is -2.11. The second kappa shape index (κ2) is 7.10. The SMILES string of the molecule is CCc1ccc(C(=O)Nc2cccc(-c3nc4ccccc4s3)c2)cc1. The minimum Gasteiger partial charge on any atom is -0.322 e. The zero-order valence-electron chi connectivity index (χ0n) is 14.4. The van der Waals surface area contributed by atoms with Crippen molar-refractivity contribution in [1.82, 2.24) is 4.98 Å². The molecule has 0 aliphatic heterocycles. The number of aromatic nitrogens is 1. The molecule has 1 amide bonds. The van der Waals surface area contributed by atoms with Gasteiger partial charge in [-0.1, -0.05) is 43.3 Å². The quantitative estimate of drug-likeness (QED) is 0.502. The summed E-state index contributed by atoms with van der Waals surface area (Å²) in [4.78, 5) is 17.2. The van der Waals surface area contributed by atoms with E-state index in [1.807, 2.05) is 66.7 Å². The van der Waals surface area contributed by atoms with Crippen molar-refractivity contribution in [2.24, 2.45) is 0 Å². The number of hydrogen-bond donors (Lipinski definition) is 1. The van der Waals surface area contributed by atoms with Crippen molar-refractivity contribution in [2.75, 3.05) is 5.32 Å². The fraction of sp³-hybridized carbons (Fsp3) is 0.0909. The first-order valence-electron chi connectivity index (χ1n) is 8.59. The maximum Gasteiger partial charge on any atom is 0.255 e. The van der Waals surface area contributed by atoms with E-state index < -0.39 is 0 Å². The minimum atomic E-state index is -0.103. The Morgan fingerprint density at radius 2 is 1.81 bits per heavy atom. The number of nitrogens with zero attached hydrogens (tertiary/aromatic N) is 1. The van der Waals surface area contributed by atoms with Crippen LogP contribution in [-0.4, -0.2) is 10.9 Å². The molecule has 0 atom stereocenters. The van der Waals surface area contributed by atoms with Crippen molar-refractivity contribution in [3.63, 3.8) is 0 Å². The molecule has 0 saturated carbocycles. The topological polar surface area (TPSA) is 42.0 Å². The summed E-state index contributed by atoms with van der Waals surface area (Å²) in [5.74, 6) is -0.103. The molecule has 3 aromatic carbocycles. The molecule has 0 saturated heterocycles. The van der Waals surface area contributed by atoms with E-state index in [1.165, 1.54) is 5.56 Å². The second-order valence-electron chi connectivity index (χ2n) is 6.07. The Morgan fingerprint density at radius 1 is 1.00 bits per heavy atom. The molecule has 1 heterocycles. The third-order valence-electron chi connectivity index (χ3n) is 4.29. The van der Waals surface area contributed by atoms with Gasteiger partial charge in [-0.15, -0.1) is 11.3 Å². The summed E-state index contributed by atoms with van der Waals surface area (Å²) in [7, 11) is 0. The summed E-state index contributed by atoms with van der Waals surface area (Å²) in [5, 5.41) is 3.93. The molecule has 4 aromatic rings. The van der Waals surface area contributed by atoms with Crippen molar-refractivity contribution in [1.29, 1.82) is 0 Å². The Balaban J connectivity index is 1.57. The first-order valence-corrected chi connectivity index (χ1v) is 9.41. The monoisotopic (exact) mass is 358 g/mol. The van der Waals surface area contributed by atoms with Crippen LogP contribution in [0, 0.1) is 0 Å². The Kier molecular flexibility index (Phi) is 4.50. The number of carbonyl (C=O) groups is 1. The Labute approximate surface area is 156 Å². The zero-order valence-corrected chi connectivity index (χ0v) is 15.2. The number of thiazole rings is 1. The standard InChI is InChI=1S/C22H18N2OS/c1-2-15-10-12-16(13-11-15)21(25)23-18-7-5-6-17(14-18)22-24-19-8-3-4-9-20(19)26-22/h3-14H,2H2,1H3,(H,23,25). The molecule has 4 rings (SSSR count). The highest BCUT2D eigenvalue weighted by atomic mass is 32.1. The van der Waals surface area contributed by atoms with Crippen LogP contribution in [0.3, 0.4) is 0 Å². The predicted octanol–water partition coefficient (Wildman–Crippen LogP) is 5.78. The van der Waals surface area contributed by atoms with Gasteiger partial charge in [0.1, 0.15) is 5.01 Å². The van der Waals surface area contributed by atoms with Gasteiger partial charge >= 0.3 is 0 Å². The van der Waals surface area contributed by atoms with E-state index in [0.29, 0.717) is 5.56 Å². The van der Waals surface area contributed by atoms with Gasteiger partial charge in [0.25, 0.3) is 5.91 Å². The number of carbonyl (C=O) groups excluding carboxylic acids is 1. The number of nitrogens with one attached hydrogen (secondary N) is 1. The van der Waals surface area contributed by atoms with E-state index in [4.69, 9.17) is 0 Å². The fourth-order valence-electron chi connectivity index (χ4n) is 2.82. The number of para-hydroxylation sites is 1. The van der Waals surface area contributed by atoms with Gasteiger partial charge in [-0.3, -0.25) is 4.79 Å². The summed E-state index contributed by atoms with van der Waals surface area (Å²) in [6.45, 7) is 2.10. The van der Waals surface area contributed by atoms with Gasteiger partial charge in [-0.05, 0) is 48.4 Å². The van der Waals surface area contributed by atoms with Gasteiger partial charge in [0.15, 0.2) is 0 Å². The molecule has 0 unspecified atom stereocenters. The molecule has 4 heteroatoms. The van der Waals surface area contributed by atoms with Gasteiger partial charge in [0.2, 0.25) is 0 Å². The zero-order chi connectivity index (χ0) is 17.9. The molecule has 0 bridgehead atoms. The third-order valence-corrected chi connectivity index (χ3v) is 5.37. The van der Waals surface area contributed by atoms with Gasteiger partial charge in [0.05, 0.1) is 10.2 Å². The molecule has 0 fully saturated rings. The van der Waals surface area contributed by atoms with Gasteiger partial charge in [0, 0.05) is 16.8 Å². The van der Waals surface area contributed by atoms with E-state index in [1.54, 1.807) is 11.3 Å². The van der Waals surface area contributed by atoms with E-state index in [0.717, 1.165) is 32.9 Å². The number of rotatable bonds is 4. The van der Waals surface area contributed by atoms with Crippen molar-refractivity contribution < 1.29 is 4.79 Å². The molecule has 1 aromatic heterocycles. The maximum absolute atomic E-state index is 12.5. The Morgan fingerprint density at radius 3 is 2.58 bits per heavy atom. The van der Waals surface area contributed by atoms with Crippen molar-refractivity contribution >= 4 is 33.1 Å². The summed E-state index contributed by atoms with van der Waals surface area (Å²) in [6.07, 6.45) is 0.964. The molecule has 1 N–H and O–H groups in total. The highest BCUT2D eigenvalue weighted by Gasteiger charge is 2.09. The molecule has 3 nitrogen and oxygen atoms in total. The smallest absolute Gasteiger partial charge is 0.255 e. The van der Waals surface area contributed by atoms with Gasteiger partial charge in [-0.2, -0.15) is 0 Å². The van der Waals surface area contributed by atoms with Gasteiger partial charge < -0.3 is 5.32 Å². The van der Waals surface area contributed by atoms with Crippen LogP contribution < -0.4 is 5.32 Å². The van der Waals surface area contributed by atoms with E-state index in [9.17, 15) is 4.79 Å². The summed E-state index contributed by atoms with van der Waals surface area (Å²) < 4.78 is 1.16. The fourth-order valence-corrected chi connectivity index (χ4v) is 3.78. The molecule has 128 valence electrons. The minimum absolute atomic E-state index is 0.103. The molecule has 0 radical (unpaired) electrons. The second-order valence-corrected chi connectivity index (χ2v) is 7.10. The van der Waals surface area contributed by atoms with Crippen LogP contribution in [0.25, 0.3) is 20.8 Å². The van der Waals surface area contributed by atoms with Crippen LogP contribution in [0.5, 0.6) is 0 Å². The molecular formula is C22H18N2OS. The third kappa shape index (κ3) is 3.37. The number of amides is 1. The van der Waals surface area contributed by atoms with E-state index in [-0.39, 0.29) is 5.91 Å². The molecule has 0 aliphatic carbocycles. The normalized spacial score (nSPS) is 10.8. The first-order chi connectivity index (χ1) is 12.7. The van der Waals surface area contributed by atoms with Crippen LogP contribution >= 0.6 is 11.3 Å². The van der Waals surface area contributed by atoms with Crippen LogP contribution in [0.1, 0.15) is 22.8 Å². The van der Waals surface area contributed by atoms with Crippen LogP contribution in [0.15, 0.2) is 72.8 Å². The molecule has 26 heavy (non-hydrogen) atoms. The molecule has 0 spiro atoms. The van der Waals surface area contributed by atoms with Crippen molar-refractivity contribution in [3.05, 3.63) is 83.9 Å². The average molecular weight is 358 g/mol. The van der Waals surface area contributed by atoms with Gasteiger partial charge in [-0.25, -0.2) is 4.98 Å². The summed E-state index contributed by atoms with van der Waals surface area (Å²) >= 11 is 1.65. The largest absolute Gasteiger partial charge is 0.322 e.